The van der Waals surface area contributed by atoms with Crippen molar-refractivity contribution in [2.45, 2.75) is 57.2 Å². The Bertz CT molecular complexity index is 923. The third kappa shape index (κ3) is 8.63. The van der Waals surface area contributed by atoms with Gasteiger partial charge in [-0.2, -0.15) is 8.42 Å². The molecule has 12 heteroatoms. The molecule has 33 heavy (non-hydrogen) atoms. The van der Waals surface area contributed by atoms with Crippen LogP contribution in [0.5, 0.6) is 0 Å². The van der Waals surface area contributed by atoms with E-state index in [0.29, 0.717) is 13.0 Å². The third-order valence-electron chi connectivity index (χ3n) is 5.21. The summed E-state index contributed by atoms with van der Waals surface area (Å²) >= 11 is 0. The van der Waals surface area contributed by atoms with Gasteiger partial charge in [-0.1, -0.05) is 44.2 Å². The lowest BCUT2D eigenvalue weighted by Crippen LogP contribution is -2.54. The van der Waals surface area contributed by atoms with E-state index >= 15 is 0 Å². The number of rotatable bonds is 11. The lowest BCUT2D eigenvalue weighted by Gasteiger charge is -2.27. The van der Waals surface area contributed by atoms with E-state index in [9.17, 15) is 32.5 Å². The Hall–Kier alpha value is -2.70. The Kier molecular flexibility index (Phi) is 9.62. The highest BCUT2D eigenvalue weighted by molar-refractivity contribution is 7.86. The highest BCUT2D eigenvalue weighted by atomic mass is 32.2. The zero-order valence-corrected chi connectivity index (χ0v) is 19.4. The number of ether oxygens (including phenoxy) is 1. The Balaban J connectivity index is 2.08. The van der Waals surface area contributed by atoms with Gasteiger partial charge in [-0.3, -0.25) is 14.1 Å². The second-order valence-corrected chi connectivity index (χ2v) is 9.93. The average Bonchev–Trinajstić information content (AvgIpc) is 3.14. The maximum atomic E-state index is 12.9. The summed E-state index contributed by atoms with van der Waals surface area (Å²) in [7, 11) is -4.92. The maximum absolute atomic E-state index is 12.9. The fraction of sp³-hybridized carbons (Fsp3) is 0.571. The number of carbonyl (C=O) groups excluding carboxylic acids is 3. The monoisotopic (exact) mass is 485 g/mol. The van der Waals surface area contributed by atoms with Crippen LogP contribution in [0.2, 0.25) is 0 Å². The van der Waals surface area contributed by atoms with Gasteiger partial charge in [0, 0.05) is 12.5 Å². The van der Waals surface area contributed by atoms with E-state index in [1.807, 2.05) is 19.9 Å². The van der Waals surface area contributed by atoms with Gasteiger partial charge in [0.2, 0.25) is 17.3 Å². The van der Waals surface area contributed by atoms with E-state index in [1.165, 1.54) is 0 Å². The zero-order valence-electron chi connectivity index (χ0n) is 18.6. The van der Waals surface area contributed by atoms with Gasteiger partial charge in [0.15, 0.2) is 0 Å². The number of amides is 3. The first-order valence-electron chi connectivity index (χ1n) is 10.7. The number of aliphatic hydroxyl groups is 1. The van der Waals surface area contributed by atoms with Crippen LogP contribution in [0.3, 0.4) is 0 Å². The van der Waals surface area contributed by atoms with Gasteiger partial charge in [-0.25, -0.2) is 4.79 Å². The Morgan fingerprint density at radius 1 is 1.21 bits per heavy atom. The van der Waals surface area contributed by atoms with Crippen LogP contribution in [-0.4, -0.2) is 60.0 Å². The van der Waals surface area contributed by atoms with Crippen molar-refractivity contribution < 1.29 is 37.2 Å². The molecule has 1 aromatic rings. The van der Waals surface area contributed by atoms with Gasteiger partial charge in [0.05, 0.1) is 6.04 Å². The first kappa shape index (κ1) is 26.6. The lowest BCUT2D eigenvalue weighted by atomic mass is 9.97. The van der Waals surface area contributed by atoms with Crippen molar-refractivity contribution in [2.24, 2.45) is 11.8 Å². The number of alkyl carbamates (subject to hydrolysis) is 1. The molecule has 1 saturated heterocycles. The first-order valence-corrected chi connectivity index (χ1v) is 12.2. The van der Waals surface area contributed by atoms with Crippen molar-refractivity contribution in [3.8, 4) is 0 Å². The summed E-state index contributed by atoms with van der Waals surface area (Å²) in [6, 6.07) is 6.38. The standard InChI is InChI=1S/C21H31N3O8S/c1-13(2)10-16(24-21(28)32-12-14-6-4-3-5-7-14)19(26)23-17(20(27)33(29,30)31)11-15-8-9-22-18(15)25/h3-7,13,15-17,20,27H,8-12H2,1-2H3,(H,22,25)(H,23,26)(H,24,28)(H,29,30,31)/t15?,16-,17-,20?/m1/s1. The van der Waals surface area contributed by atoms with Crippen LogP contribution in [0, 0.1) is 11.8 Å². The molecule has 184 valence electrons. The van der Waals surface area contributed by atoms with Crippen molar-refractivity contribution in [3.05, 3.63) is 35.9 Å². The molecule has 0 bridgehead atoms. The quantitative estimate of drug-likeness (QED) is 0.283. The van der Waals surface area contributed by atoms with Gasteiger partial charge in [0.25, 0.3) is 10.1 Å². The summed E-state index contributed by atoms with van der Waals surface area (Å²) in [5.74, 6) is -1.77. The number of nitrogens with one attached hydrogen (secondary N) is 3. The van der Waals surface area contributed by atoms with Crippen LogP contribution < -0.4 is 16.0 Å². The Labute approximate surface area is 193 Å². The molecule has 0 spiro atoms. The van der Waals surface area contributed by atoms with Crippen molar-refractivity contribution >= 4 is 28.0 Å². The van der Waals surface area contributed by atoms with Gasteiger partial charge in [-0.15, -0.1) is 0 Å². The molecule has 2 rings (SSSR count). The molecule has 11 nitrogen and oxygen atoms in total. The Morgan fingerprint density at radius 3 is 2.42 bits per heavy atom. The van der Waals surface area contributed by atoms with Crippen molar-refractivity contribution in [2.75, 3.05) is 6.54 Å². The zero-order chi connectivity index (χ0) is 24.6. The molecule has 1 aliphatic rings. The number of carbonyl (C=O) groups is 3. The molecule has 0 aromatic heterocycles. The molecular weight excluding hydrogens is 454 g/mol. The molecule has 0 saturated carbocycles. The van der Waals surface area contributed by atoms with Crippen molar-refractivity contribution in [1.29, 1.82) is 0 Å². The minimum absolute atomic E-state index is 0.0103. The van der Waals surface area contributed by atoms with Gasteiger partial charge in [0.1, 0.15) is 12.6 Å². The largest absolute Gasteiger partial charge is 0.445 e. The summed E-state index contributed by atoms with van der Waals surface area (Å²) in [6.07, 6.45) is -0.458. The smallest absolute Gasteiger partial charge is 0.408 e. The number of hydrogen-bond acceptors (Lipinski definition) is 7. The molecule has 5 N–H and O–H groups in total. The van der Waals surface area contributed by atoms with Crippen LogP contribution in [0.15, 0.2) is 30.3 Å². The molecule has 3 amide bonds. The molecule has 4 atom stereocenters. The van der Waals surface area contributed by atoms with E-state index in [4.69, 9.17) is 4.74 Å². The fourth-order valence-electron chi connectivity index (χ4n) is 3.52. The summed E-state index contributed by atoms with van der Waals surface area (Å²) in [6.45, 7) is 4.02. The highest BCUT2D eigenvalue weighted by Crippen LogP contribution is 2.20. The number of aliphatic hydroxyl groups excluding tert-OH is 1. The fourth-order valence-corrected chi connectivity index (χ4v) is 4.12. The molecule has 1 heterocycles. The molecule has 0 aliphatic carbocycles. The van der Waals surface area contributed by atoms with E-state index in [1.54, 1.807) is 24.3 Å². The molecule has 1 aromatic carbocycles. The van der Waals surface area contributed by atoms with E-state index in [2.05, 4.69) is 16.0 Å². The van der Waals surface area contributed by atoms with E-state index in [0.717, 1.165) is 5.56 Å². The Morgan fingerprint density at radius 2 is 1.88 bits per heavy atom. The molecule has 2 unspecified atom stereocenters. The highest BCUT2D eigenvalue weighted by Gasteiger charge is 2.37. The topological polar surface area (TPSA) is 171 Å². The summed E-state index contributed by atoms with van der Waals surface area (Å²) in [4.78, 5) is 37.1. The average molecular weight is 486 g/mol. The summed E-state index contributed by atoms with van der Waals surface area (Å²) in [5.41, 5.74) is -1.58. The van der Waals surface area contributed by atoms with Gasteiger partial charge in [-0.05, 0) is 30.7 Å². The predicted molar refractivity (Wildman–Crippen MR) is 118 cm³/mol. The molecule has 1 aliphatic heterocycles. The predicted octanol–water partition coefficient (Wildman–Crippen LogP) is 0.545. The van der Waals surface area contributed by atoms with Crippen LogP contribution in [0.4, 0.5) is 4.79 Å². The minimum Gasteiger partial charge on any atom is -0.445 e. The van der Waals surface area contributed by atoms with Crippen LogP contribution >= 0.6 is 0 Å². The van der Waals surface area contributed by atoms with Crippen LogP contribution in [-0.2, 0) is 31.1 Å². The summed E-state index contributed by atoms with van der Waals surface area (Å²) in [5, 5.41) is 17.5. The SMILES string of the molecule is CC(C)C[C@@H](NC(=O)OCc1ccccc1)C(=O)N[C@H](CC1CCNC1=O)C(O)S(=O)(=O)O. The number of hydrogen-bond donors (Lipinski definition) is 5. The minimum atomic E-state index is -4.92. The lowest BCUT2D eigenvalue weighted by molar-refractivity contribution is -0.126. The second-order valence-electron chi connectivity index (χ2n) is 8.42. The second kappa shape index (κ2) is 12.0. The van der Waals surface area contributed by atoms with Crippen LogP contribution in [0.25, 0.3) is 0 Å². The summed E-state index contributed by atoms with van der Waals surface area (Å²) < 4.78 is 37.5. The molecule has 0 radical (unpaired) electrons. The molecule has 1 fully saturated rings. The van der Waals surface area contributed by atoms with E-state index < -0.39 is 45.6 Å². The van der Waals surface area contributed by atoms with E-state index in [-0.39, 0.29) is 31.3 Å². The number of benzene rings is 1. The normalized spacial score (nSPS) is 18.8. The molecular formula is C21H31N3O8S. The first-order chi connectivity index (χ1) is 15.5. The van der Waals surface area contributed by atoms with Crippen molar-refractivity contribution in [3.63, 3.8) is 0 Å². The van der Waals surface area contributed by atoms with Crippen molar-refractivity contribution in [1.82, 2.24) is 16.0 Å². The third-order valence-corrected chi connectivity index (χ3v) is 6.15. The van der Waals surface area contributed by atoms with Gasteiger partial charge < -0.3 is 25.8 Å². The van der Waals surface area contributed by atoms with Gasteiger partial charge >= 0.3 is 6.09 Å². The van der Waals surface area contributed by atoms with Crippen LogP contribution in [0.1, 0.15) is 38.7 Å². The maximum Gasteiger partial charge on any atom is 0.408 e.